The number of nitrogens with zero attached hydrogens (tertiary/aromatic N) is 4. The summed E-state index contributed by atoms with van der Waals surface area (Å²) in [6.45, 7) is 0.198. The zero-order valence-electron chi connectivity index (χ0n) is 19.9. The molecular weight excluding hydrogens is 480 g/mol. The highest BCUT2D eigenvalue weighted by Crippen LogP contribution is 2.39. The van der Waals surface area contributed by atoms with Gasteiger partial charge in [-0.15, -0.1) is 10.2 Å². The third-order valence-electron chi connectivity index (χ3n) is 7.01. The third kappa shape index (κ3) is 5.00. The fourth-order valence-electron chi connectivity index (χ4n) is 5.10. The van der Waals surface area contributed by atoms with Gasteiger partial charge >= 0.3 is 0 Å². The Morgan fingerprint density at radius 1 is 1.08 bits per heavy atom. The quantitative estimate of drug-likeness (QED) is 0.374. The number of carbonyl (C=O) groups excluding carboxylic acids is 1. The van der Waals surface area contributed by atoms with E-state index in [2.05, 4.69) is 15.3 Å². The number of aromatic nitrogens is 2. The lowest BCUT2D eigenvalue weighted by molar-refractivity contribution is -0.130. The number of thioether (sulfide) groups is 1. The van der Waals surface area contributed by atoms with Crippen LogP contribution in [0.5, 0.6) is 11.5 Å². The summed E-state index contributed by atoms with van der Waals surface area (Å²) >= 11 is 1.24. The van der Waals surface area contributed by atoms with Crippen LogP contribution in [0.4, 0.5) is 0 Å². The van der Waals surface area contributed by atoms with Crippen molar-refractivity contribution in [2.75, 3.05) is 12.5 Å². The van der Waals surface area contributed by atoms with E-state index in [0.29, 0.717) is 34.8 Å². The van der Waals surface area contributed by atoms with Gasteiger partial charge in [0.15, 0.2) is 11.5 Å². The Kier molecular flexibility index (Phi) is 6.67. The molecule has 1 aromatic carbocycles. The van der Waals surface area contributed by atoms with Gasteiger partial charge in [0.05, 0.1) is 18.1 Å². The zero-order valence-corrected chi connectivity index (χ0v) is 20.7. The van der Waals surface area contributed by atoms with Gasteiger partial charge in [0.1, 0.15) is 11.5 Å². The summed E-state index contributed by atoms with van der Waals surface area (Å²) in [5.41, 5.74) is 1.65. The van der Waals surface area contributed by atoms with Gasteiger partial charge in [-0.25, -0.2) is 5.01 Å². The molecule has 2 aliphatic heterocycles. The van der Waals surface area contributed by atoms with Crippen molar-refractivity contribution >= 4 is 23.4 Å². The average Bonchev–Trinajstić information content (AvgIpc) is 3.72. The summed E-state index contributed by atoms with van der Waals surface area (Å²) in [5, 5.41) is 14.9. The van der Waals surface area contributed by atoms with Crippen molar-refractivity contribution in [2.45, 2.75) is 62.6 Å². The Bertz CT molecular complexity index is 1230. The van der Waals surface area contributed by atoms with E-state index in [1.165, 1.54) is 48.9 Å². The normalized spacial score (nSPS) is 19.6. The lowest BCUT2D eigenvalue weighted by Gasteiger charge is -2.22. The van der Waals surface area contributed by atoms with Crippen LogP contribution in [0.2, 0.25) is 0 Å². The van der Waals surface area contributed by atoms with E-state index in [1.54, 1.807) is 6.26 Å². The number of hydrogen-bond acceptors (Lipinski definition) is 9. The molecule has 3 aromatic rings. The summed E-state index contributed by atoms with van der Waals surface area (Å²) < 4.78 is 22.4. The number of hydrazone groups is 1. The molecule has 1 amide bonds. The predicted octanol–water partition coefficient (Wildman–Crippen LogP) is 5.37. The molecule has 0 spiro atoms. The van der Waals surface area contributed by atoms with E-state index >= 15 is 0 Å². The summed E-state index contributed by atoms with van der Waals surface area (Å²) in [5.74, 6) is 3.43. The number of carbonyl (C=O) groups is 1. The first-order chi connectivity index (χ1) is 17.7. The number of benzene rings is 1. The maximum atomic E-state index is 13.3. The molecule has 36 heavy (non-hydrogen) atoms. The Labute approximate surface area is 213 Å². The van der Waals surface area contributed by atoms with Gasteiger partial charge in [0.25, 0.3) is 11.1 Å². The zero-order chi connectivity index (χ0) is 24.3. The molecule has 0 bridgehead atoms. The average molecular weight is 509 g/mol. The molecule has 0 radical (unpaired) electrons. The fraction of sp³-hybridized carbons (Fsp3) is 0.462. The monoisotopic (exact) mass is 508 g/mol. The highest BCUT2D eigenvalue weighted by Gasteiger charge is 2.35. The topological polar surface area (TPSA) is 103 Å². The van der Waals surface area contributed by atoms with Crippen molar-refractivity contribution in [1.29, 1.82) is 0 Å². The Balaban J connectivity index is 1.12. The van der Waals surface area contributed by atoms with Gasteiger partial charge < -0.3 is 18.3 Å². The standard InChI is InChI=1S/C26H28N4O5S/c31-25(15-36-26-28-27-24(35-26)11-8-17-5-2-1-3-6-17)30-20(14-19(29-30)21-7-4-12-32-21)18-9-10-22-23(13-18)34-16-33-22/h4,7,9-10,12-13,17,20H,1-3,5-6,8,11,14-16H2. The van der Waals surface area contributed by atoms with Crippen molar-refractivity contribution in [2.24, 2.45) is 11.0 Å². The second-order valence-corrected chi connectivity index (χ2v) is 10.3. The van der Waals surface area contributed by atoms with E-state index < -0.39 is 0 Å². The lowest BCUT2D eigenvalue weighted by atomic mass is 9.86. The Hall–Kier alpha value is -3.27. The minimum absolute atomic E-state index is 0.139. The van der Waals surface area contributed by atoms with Gasteiger partial charge in [0.2, 0.25) is 12.7 Å². The van der Waals surface area contributed by atoms with Crippen molar-refractivity contribution in [3.05, 3.63) is 53.8 Å². The first-order valence-corrected chi connectivity index (χ1v) is 13.5. The van der Waals surface area contributed by atoms with Gasteiger partial charge in [-0.1, -0.05) is 49.9 Å². The molecule has 9 nitrogen and oxygen atoms in total. The van der Waals surface area contributed by atoms with E-state index in [0.717, 1.165) is 30.0 Å². The largest absolute Gasteiger partial charge is 0.463 e. The molecule has 1 unspecified atom stereocenters. The molecular formula is C26H28N4O5S. The minimum Gasteiger partial charge on any atom is -0.463 e. The Morgan fingerprint density at radius 2 is 1.97 bits per heavy atom. The van der Waals surface area contributed by atoms with Crippen molar-refractivity contribution in [3.63, 3.8) is 0 Å². The SMILES string of the molecule is O=C(CSc1nnc(CCC2CCCCC2)o1)N1N=C(c2ccco2)CC1c1ccc2c(c1)OCO2. The van der Waals surface area contributed by atoms with Crippen LogP contribution >= 0.6 is 11.8 Å². The second kappa shape index (κ2) is 10.4. The molecule has 10 heteroatoms. The van der Waals surface area contributed by atoms with Gasteiger partial charge in [-0.3, -0.25) is 4.79 Å². The van der Waals surface area contributed by atoms with Crippen molar-refractivity contribution in [1.82, 2.24) is 15.2 Å². The number of hydrogen-bond donors (Lipinski definition) is 0. The van der Waals surface area contributed by atoms with E-state index in [9.17, 15) is 4.79 Å². The predicted molar refractivity (Wildman–Crippen MR) is 132 cm³/mol. The molecule has 1 atom stereocenters. The summed E-state index contributed by atoms with van der Waals surface area (Å²) in [7, 11) is 0. The molecule has 0 saturated heterocycles. The Morgan fingerprint density at radius 3 is 2.83 bits per heavy atom. The van der Waals surface area contributed by atoms with E-state index in [4.69, 9.17) is 18.3 Å². The molecule has 2 aromatic heterocycles. The maximum absolute atomic E-state index is 13.3. The number of amides is 1. The molecule has 188 valence electrons. The molecule has 3 aliphatic rings. The number of furan rings is 1. The van der Waals surface area contributed by atoms with E-state index in [1.807, 2.05) is 30.3 Å². The van der Waals surface area contributed by atoms with Crippen LogP contribution < -0.4 is 9.47 Å². The smallest absolute Gasteiger partial charge is 0.277 e. The van der Waals surface area contributed by atoms with Crippen LogP contribution in [-0.2, 0) is 11.2 Å². The highest BCUT2D eigenvalue weighted by atomic mass is 32.2. The molecule has 1 fully saturated rings. The summed E-state index contributed by atoms with van der Waals surface area (Å²) in [4.78, 5) is 13.3. The van der Waals surface area contributed by atoms with Crippen LogP contribution in [0.15, 0.2) is 55.8 Å². The molecule has 1 saturated carbocycles. The van der Waals surface area contributed by atoms with Gasteiger partial charge in [0, 0.05) is 12.8 Å². The van der Waals surface area contributed by atoms with Crippen molar-refractivity contribution < 1.29 is 23.1 Å². The molecule has 0 N–H and O–H groups in total. The van der Waals surface area contributed by atoms with Crippen LogP contribution in [-0.4, -0.2) is 39.4 Å². The van der Waals surface area contributed by atoms with Crippen LogP contribution in [0, 0.1) is 5.92 Å². The molecule has 1 aliphatic carbocycles. The van der Waals surface area contributed by atoms with Crippen molar-refractivity contribution in [3.8, 4) is 11.5 Å². The fourth-order valence-corrected chi connectivity index (χ4v) is 5.74. The third-order valence-corrected chi connectivity index (χ3v) is 7.81. The number of rotatable bonds is 8. The summed E-state index contributed by atoms with van der Waals surface area (Å²) in [6, 6.07) is 9.12. The molecule has 6 rings (SSSR count). The number of fused-ring (bicyclic) bond motifs is 1. The lowest BCUT2D eigenvalue weighted by Crippen LogP contribution is -2.28. The minimum atomic E-state index is -0.276. The molecule has 4 heterocycles. The van der Waals surface area contributed by atoms with Crippen LogP contribution in [0.25, 0.3) is 0 Å². The van der Waals surface area contributed by atoms with E-state index in [-0.39, 0.29) is 24.5 Å². The first-order valence-electron chi connectivity index (χ1n) is 12.5. The van der Waals surface area contributed by atoms with Crippen LogP contribution in [0.1, 0.15) is 68.2 Å². The number of aryl methyl sites for hydroxylation is 1. The van der Waals surface area contributed by atoms with Gasteiger partial charge in [-0.05, 0) is 42.2 Å². The number of ether oxygens (including phenoxy) is 2. The second-order valence-electron chi connectivity index (χ2n) is 9.39. The van der Waals surface area contributed by atoms with Crippen LogP contribution in [0.3, 0.4) is 0 Å². The highest BCUT2D eigenvalue weighted by molar-refractivity contribution is 7.99. The van der Waals surface area contributed by atoms with Gasteiger partial charge in [-0.2, -0.15) is 5.10 Å². The maximum Gasteiger partial charge on any atom is 0.277 e. The summed E-state index contributed by atoms with van der Waals surface area (Å²) in [6.07, 6.45) is 10.6. The first kappa shape index (κ1) is 23.1.